The van der Waals surface area contributed by atoms with Gasteiger partial charge in [-0.3, -0.25) is 4.79 Å². The zero-order chi connectivity index (χ0) is 13.3. The monoisotopic (exact) mass is 239 g/mol. The first-order valence-corrected chi connectivity index (χ1v) is 5.47. The Hall–Kier alpha value is -1.39. The first-order chi connectivity index (χ1) is 8.02. The lowest BCUT2D eigenvalue weighted by molar-refractivity contribution is -0.134. The number of rotatable bonds is 4. The number of benzene rings is 1. The Morgan fingerprint density at radius 1 is 1.35 bits per heavy atom. The lowest BCUT2D eigenvalue weighted by Gasteiger charge is -2.22. The summed E-state index contributed by atoms with van der Waals surface area (Å²) in [6.07, 6.45) is 0.131. The van der Waals surface area contributed by atoms with E-state index in [1.807, 2.05) is 25.2 Å². The first kappa shape index (κ1) is 15.6. The van der Waals surface area contributed by atoms with Gasteiger partial charge >= 0.3 is 0 Å². The van der Waals surface area contributed by atoms with Crippen LogP contribution >= 0.6 is 0 Å². The van der Waals surface area contributed by atoms with Gasteiger partial charge in [-0.2, -0.15) is 0 Å². The minimum Gasteiger partial charge on any atom is -0.481 e. The summed E-state index contributed by atoms with van der Waals surface area (Å²) < 4.78 is 5.43. The first-order valence-electron chi connectivity index (χ1n) is 5.47. The number of carbonyl (C=O) groups is 1. The van der Waals surface area contributed by atoms with Gasteiger partial charge in [0.25, 0.3) is 5.97 Å². The van der Waals surface area contributed by atoms with E-state index in [1.54, 1.807) is 7.11 Å². The van der Waals surface area contributed by atoms with Crippen molar-refractivity contribution in [2.75, 3.05) is 14.2 Å². The molecule has 0 saturated heterocycles. The predicted octanol–water partition coefficient (Wildman–Crippen LogP) is 2.07. The summed E-state index contributed by atoms with van der Waals surface area (Å²) >= 11 is 0. The molecule has 0 amide bonds. The molecule has 0 aromatic heterocycles. The molecule has 0 heterocycles. The number of ether oxygens (including phenoxy) is 1. The summed E-state index contributed by atoms with van der Waals surface area (Å²) in [6, 6.07) is 10.6. The Balaban J connectivity index is 0.000000557. The molecule has 2 atom stereocenters. The van der Waals surface area contributed by atoms with Gasteiger partial charge in [0.2, 0.25) is 0 Å². The molecule has 0 aliphatic carbocycles. The zero-order valence-electron chi connectivity index (χ0n) is 10.8. The summed E-state index contributed by atoms with van der Waals surface area (Å²) in [5.41, 5.74) is 1.21. The van der Waals surface area contributed by atoms with Crippen LogP contribution in [-0.4, -0.2) is 31.3 Å². The van der Waals surface area contributed by atoms with E-state index in [-0.39, 0.29) is 6.10 Å². The van der Waals surface area contributed by atoms with Gasteiger partial charge in [-0.15, -0.1) is 0 Å². The Labute approximate surface area is 103 Å². The van der Waals surface area contributed by atoms with Crippen LogP contribution in [0.3, 0.4) is 0 Å². The molecule has 4 heteroatoms. The van der Waals surface area contributed by atoms with Gasteiger partial charge in [0.05, 0.1) is 6.10 Å². The molecular formula is C13H21NO3. The van der Waals surface area contributed by atoms with Gasteiger partial charge in [0.1, 0.15) is 0 Å². The molecule has 1 rings (SSSR count). The maximum absolute atomic E-state index is 9.00. The van der Waals surface area contributed by atoms with E-state index in [4.69, 9.17) is 14.6 Å². The van der Waals surface area contributed by atoms with Crippen LogP contribution in [0.15, 0.2) is 30.3 Å². The highest BCUT2D eigenvalue weighted by atomic mass is 16.5. The lowest BCUT2D eigenvalue weighted by atomic mass is 10.0. The third kappa shape index (κ3) is 6.71. The summed E-state index contributed by atoms with van der Waals surface area (Å²) in [7, 11) is 3.69. The highest BCUT2D eigenvalue weighted by Crippen LogP contribution is 2.19. The number of methoxy groups -OCH3 is 1. The van der Waals surface area contributed by atoms with Crippen molar-refractivity contribution in [2.24, 2.45) is 0 Å². The smallest absolute Gasteiger partial charge is 0.300 e. The van der Waals surface area contributed by atoms with Crippen molar-refractivity contribution in [2.45, 2.75) is 26.0 Å². The molecule has 96 valence electrons. The number of hydrogen-bond acceptors (Lipinski definition) is 3. The van der Waals surface area contributed by atoms with E-state index in [0.717, 1.165) is 6.92 Å². The van der Waals surface area contributed by atoms with Crippen molar-refractivity contribution in [3.63, 3.8) is 0 Å². The molecule has 17 heavy (non-hydrogen) atoms. The van der Waals surface area contributed by atoms with Gasteiger partial charge in [0.15, 0.2) is 0 Å². The SMILES string of the molecule is CC(=O)O.CNC(C)C(OC)c1ccccc1. The van der Waals surface area contributed by atoms with Gasteiger partial charge in [-0.1, -0.05) is 30.3 Å². The normalized spacial score (nSPS) is 13.2. The Kier molecular flexibility index (Phi) is 8.01. The lowest BCUT2D eigenvalue weighted by Crippen LogP contribution is -2.29. The van der Waals surface area contributed by atoms with Gasteiger partial charge in [-0.05, 0) is 19.5 Å². The summed E-state index contributed by atoms with van der Waals surface area (Å²) in [5.74, 6) is -0.833. The number of aliphatic carboxylic acids is 1. The number of carboxylic acids is 1. The average molecular weight is 239 g/mol. The maximum atomic E-state index is 9.00. The van der Waals surface area contributed by atoms with Gasteiger partial charge < -0.3 is 15.2 Å². The third-order valence-corrected chi connectivity index (χ3v) is 2.29. The van der Waals surface area contributed by atoms with Crippen molar-refractivity contribution in [1.82, 2.24) is 5.32 Å². The van der Waals surface area contributed by atoms with Crippen molar-refractivity contribution in [1.29, 1.82) is 0 Å². The molecule has 0 fully saturated rings. The zero-order valence-corrected chi connectivity index (χ0v) is 10.8. The minimum absolute atomic E-state index is 0.131. The van der Waals surface area contributed by atoms with Crippen LogP contribution in [0.25, 0.3) is 0 Å². The van der Waals surface area contributed by atoms with Gasteiger partial charge in [0, 0.05) is 20.1 Å². The van der Waals surface area contributed by atoms with Crippen molar-refractivity contribution < 1.29 is 14.6 Å². The average Bonchev–Trinajstić information content (AvgIpc) is 2.30. The number of likely N-dealkylation sites (N-methyl/N-ethyl adjacent to an activating group) is 1. The molecule has 4 nitrogen and oxygen atoms in total. The van der Waals surface area contributed by atoms with Crippen LogP contribution in [0.5, 0.6) is 0 Å². The molecule has 0 aliphatic heterocycles. The van der Waals surface area contributed by atoms with E-state index < -0.39 is 5.97 Å². The van der Waals surface area contributed by atoms with Crippen molar-refractivity contribution >= 4 is 5.97 Å². The molecule has 1 aromatic rings. The van der Waals surface area contributed by atoms with E-state index in [1.165, 1.54) is 5.56 Å². The fraction of sp³-hybridized carbons (Fsp3) is 0.462. The molecule has 2 unspecified atom stereocenters. The van der Waals surface area contributed by atoms with E-state index >= 15 is 0 Å². The molecule has 0 spiro atoms. The highest BCUT2D eigenvalue weighted by Gasteiger charge is 2.16. The Morgan fingerprint density at radius 3 is 2.18 bits per heavy atom. The fourth-order valence-corrected chi connectivity index (χ4v) is 1.42. The summed E-state index contributed by atoms with van der Waals surface area (Å²) in [6.45, 7) is 3.20. The molecule has 0 aliphatic rings. The standard InChI is InChI=1S/C11H17NO.C2H4O2/c1-9(12-2)11(13-3)10-7-5-4-6-8-10;1-2(3)4/h4-9,11-12H,1-3H3;1H3,(H,3,4). The van der Waals surface area contributed by atoms with E-state index in [0.29, 0.717) is 6.04 Å². The molecule has 0 bridgehead atoms. The predicted molar refractivity (Wildman–Crippen MR) is 68.0 cm³/mol. The van der Waals surface area contributed by atoms with E-state index in [9.17, 15) is 0 Å². The maximum Gasteiger partial charge on any atom is 0.300 e. The molecular weight excluding hydrogens is 218 g/mol. The van der Waals surface area contributed by atoms with Crippen LogP contribution in [0.2, 0.25) is 0 Å². The fourth-order valence-electron chi connectivity index (χ4n) is 1.42. The number of hydrogen-bond donors (Lipinski definition) is 2. The third-order valence-electron chi connectivity index (χ3n) is 2.29. The van der Waals surface area contributed by atoms with Crippen LogP contribution < -0.4 is 5.32 Å². The van der Waals surface area contributed by atoms with E-state index in [2.05, 4.69) is 24.4 Å². The topological polar surface area (TPSA) is 58.6 Å². The molecule has 0 radical (unpaired) electrons. The molecule has 0 saturated carbocycles. The van der Waals surface area contributed by atoms with Crippen molar-refractivity contribution in [3.8, 4) is 0 Å². The highest BCUT2D eigenvalue weighted by molar-refractivity contribution is 5.62. The molecule has 2 N–H and O–H groups in total. The van der Waals surface area contributed by atoms with Crippen LogP contribution in [-0.2, 0) is 9.53 Å². The summed E-state index contributed by atoms with van der Waals surface area (Å²) in [5, 5.41) is 10.6. The largest absolute Gasteiger partial charge is 0.481 e. The van der Waals surface area contributed by atoms with Crippen LogP contribution in [0.4, 0.5) is 0 Å². The second kappa shape index (κ2) is 8.73. The number of carboxylic acid groups (broad SMARTS) is 1. The second-order valence-electron chi connectivity index (χ2n) is 3.66. The number of nitrogens with one attached hydrogen (secondary N) is 1. The second-order valence-corrected chi connectivity index (χ2v) is 3.66. The van der Waals surface area contributed by atoms with Crippen molar-refractivity contribution in [3.05, 3.63) is 35.9 Å². The van der Waals surface area contributed by atoms with Crippen LogP contribution in [0.1, 0.15) is 25.5 Å². The Bertz CT molecular complexity index is 310. The summed E-state index contributed by atoms with van der Waals surface area (Å²) in [4.78, 5) is 9.00. The molecule has 1 aromatic carbocycles. The van der Waals surface area contributed by atoms with Crippen LogP contribution in [0, 0.1) is 0 Å². The van der Waals surface area contributed by atoms with Gasteiger partial charge in [-0.25, -0.2) is 0 Å². The Morgan fingerprint density at radius 2 is 1.82 bits per heavy atom. The quantitative estimate of drug-likeness (QED) is 0.844. The minimum atomic E-state index is -0.833.